The molecule has 2 heterocycles. The first-order chi connectivity index (χ1) is 8.38. The summed E-state index contributed by atoms with van der Waals surface area (Å²) in [5.41, 5.74) is 0. The lowest BCUT2D eigenvalue weighted by molar-refractivity contribution is 0.0252. The third-order valence-corrected chi connectivity index (χ3v) is 3.60. The van der Waals surface area contributed by atoms with Crippen LogP contribution in [0.3, 0.4) is 0 Å². The first-order valence-corrected chi connectivity index (χ1v) is 7.12. The van der Waals surface area contributed by atoms with Crippen molar-refractivity contribution >= 4 is 0 Å². The fourth-order valence-corrected chi connectivity index (χ4v) is 2.65. The minimum absolute atomic E-state index is 0.451. The van der Waals surface area contributed by atoms with E-state index in [-0.39, 0.29) is 0 Å². The summed E-state index contributed by atoms with van der Waals surface area (Å²) in [6, 6.07) is 0. The van der Waals surface area contributed by atoms with Crippen molar-refractivity contribution in [3.8, 4) is 0 Å². The monoisotopic (exact) mass is 238 g/mol. The van der Waals surface area contributed by atoms with E-state index in [1.807, 2.05) is 0 Å². The highest BCUT2D eigenvalue weighted by Crippen LogP contribution is 2.20. The molecule has 2 rings (SSSR count). The van der Waals surface area contributed by atoms with Gasteiger partial charge in [0.1, 0.15) is 0 Å². The van der Waals surface area contributed by atoms with Crippen molar-refractivity contribution in [2.24, 2.45) is 0 Å². The van der Waals surface area contributed by atoms with E-state index in [1.54, 1.807) is 0 Å². The zero-order valence-electron chi connectivity index (χ0n) is 11.0. The Morgan fingerprint density at radius 3 is 2.94 bits per heavy atom. The van der Waals surface area contributed by atoms with Gasteiger partial charge < -0.3 is 10.1 Å². The topological polar surface area (TPSA) is 24.5 Å². The Balaban J connectivity index is 1.62. The first kappa shape index (κ1) is 13.1. The zero-order valence-corrected chi connectivity index (χ0v) is 11.0. The van der Waals surface area contributed by atoms with Gasteiger partial charge in [-0.25, -0.2) is 0 Å². The normalized spacial score (nSPS) is 29.9. The second-order valence-electron chi connectivity index (χ2n) is 5.18. The molecular weight excluding hydrogens is 212 g/mol. The summed E-state index contributed by atoms with van der Waals surface area (Å²) in [6.45, 7) is 7.78. The molecule has 0 aromatic heterocycles. The maximum Gasteiger partial charge on any atom is 0.0707 e. The number of rotatable bonds is 6. The SMILES string of the molecule is CCCNCC1CCC(CN2CC=CCC2)O1. The van der Waals surface area contributed by atoms with Crippen LogP contribution in [0.4, 0.5) is 0 Å². The minimum atomic E-state index is 0.451. The molecule has 1 saturated heterocycles. The van der Waals surface area contributed by atoms with Crippen LogP contribution in [0.5, 0.6) is 0 Å². The molecule has 0 saturated carbocycles. The summed E-state index contributed by atoms with van der Waals surface area (Å²) in [5.74, 6) is 0. The lowest BCUT2D eigenvalue weighted by Gasteiger charge is -2.26. The van der Waals surface area contributed by atoms with Gasteiger partial charge in [0.05, 0.1) is 12.2 Å². The quantitative estimate of drug-likeness (QED) is 0.564. The zero-order chi connectivity index (χ0) is 11.9. The Morgan fingerprint density at radius 1 is 1.29 bits per heavy atom. The lowest BCUT2D eigenvalue weighted by atomic mass is 10.1. The van der Waals surface area contributed by atoms with Gasteiger partial charge in [-0.05, 0) is 32.2 Å². The predicted molar refractivity (Wildman–Crippen MR) is 71.3 cm³/mol. The standard InChI is InChI=1S/C14H26N2O/c1-2-8-15-11-13-6-7-14(17-13)12-16-9-4-3-5-10-16/h3-4,13-15H,2,5-12H2,1H3. The van der Waals surface area contributed by atoms with E-state index in [1.165, 1.54) is 32.2 Å². The summed E-state index contributed by atoms with van der Waals surface area (Å²) in [6.07, 6.45) is 10.3. The summed E-state index contributed by atoms with van der Waals surface area (Å²) < 4.78 is 6.08. The number of hydrogen-bond donors (Lipinski definition) is 1. The highest BCUT2D eigenvalue weighted by atomic mass is 16.5. The molecule has 98 valence electrons. The number of nitrogens with zero attached hydrogens (tertiary/aromatic N) is 1. The molecule has 0 bridgehead atoms. The Hall–Kier alpha value is -0.380. The van der Waals surface area contributed by atoms with Crippen LogP contribution in [0.25, 0.3) is 0 Å². The van der Waals surface area contributed by atoms with Gasteiger partial charge in [-0.2, -0.15) is 0 Å². The van der Waals surface area contributed by atoms with Crippen LogP contribution >= 0.6 is 0 Å². The Kier molecular flexibility index (Phi) is 5.49. The van der Waals surface area contributed by atoms with E-state index < -0.39 is 0 Å². The Morgan fingerprint density at radius 2 is 2.18 bits per heavy atom. The summed E-state index contributed by atoms with van der Waals surface area (Å²) in [4.78, 5) is 2.51. The van der Waals surface area contributed by atoms with Crippen LogP contribution in [0, 0.1) is 0 Å². The predicted octanol–water partition coefficient (Wildman–Crippen LogP) is 1.80. The molecule has 0 aliphatic carbocycles. The number of nitrogens with one attached hydrogen (secondary N) is 1. The van der Waals surface area contributed by atoms with Crippen molar-refractivity contribution in [1.82, 2.24) is 10.2 Å². The molecule has 0 aromatic rings. The van der Waals surface area contributed by atoms with Crippen LogP contribution in [-0.4, -0.2) is 49.8 Å². The molecule has 2 aliphatic heterocycles. The lowest BCUT2D eigenvalue weighted by Crippen LogP contribution is -2.35. The molecule has 0 radical (unpaired) electrons. The highest BCUT2D eigenvalue weighted by molar-refractivity contribution is 4.92. The summed E-state index contributed by atoms with van der Waals surface area (Å²) >= 11 is 0. The van der Waals surface area contributed by atoms with Gasteiger partial charge in [0.15, 0.2) is 0 Å². The molecule has 1 fully saturated rings. The van der Waals surface area contributed by atoms with E-state index in [2.05, 4.69) is 29.3 Å². The van der Waals surface area contributed by atoms with E-state index in [9.17, 15) is 0 Å². The van der Waals surface area contributed by atoms with E-state index in [0.29, 0.717) is 12.2 Å². The fourth-order valence-electron chi connectivity index (χ4n) is 2.65. The molecule has 0 aromatic carbocycles. The van der Waals surface area contributed by atoms with Crippen molar-refractivity contribution < 1.29 is 4.74 Å². The van der Waals surface area contributed by atoms with Gasteiger partial charge in [0, 0.05) is 26.2 Å². The largest absolute Gasteiger partial charge is 0.372 e. The number of ether oxygens (including phenoxy) is 1. The van der Waals surface area contributed by atoms with Crippen molar-refractivity contribution in [3.63, 3.8) is 0 Å². The second kappa shape index (κ2) is 7.14. The maximum absolute atomic E-state index is 6.08. The van der Waals surface area contributed by atoms with Crippen LogP contribution in [0.1, 0.15) is 32.6 Å². The van der Waals surface area contributed by atoms with E-state index >= 15 is 0 Å². The molecule has 3 nitrogen and oxygen atoms in total. The van der Waals surface area contributed by atoms with Crippen molar-refractivity contribution in [3.05, 3.63) is 12.2 Å². The van der Waals surface area contributed by atoms with Crippen LogP contribution in [0.15, 0.2) is 12.2 Å². The van der Waals surface area contributed by atoms with Gasteiger partial charge in [-0.1, -0.05) is 19.1 Å². The van der Waals surface area contributed by atoms with Crippen LogP contribution in [-0.2, 0) is 4.74 Å². The maximum atomic E-state index is 6.08. The second-order valence-corrected chi connectivity index (χ2v) is 5.18. The number of hydrogen-bond acceptors (Lipinski definition) is 3. The van der Waals surface area contributed by atoms with E-state index in [0.717, 1.165) is 26.2 Å². The van der Waals surface area contributed by atoms with Crippen LogP contribution < -0.4 is 5.32 Å². The fraction of sp³-hybridized carbons (Fsp3) is 0.857. The first-order valence-electron chi connectivity index (χ1n) is 7.12. The van der Waals surface area contributed by atoms with E-state index in [4.69, 9.17) is 4.74 Å². The Labute approximate surface area is 105 Å². The van der Waals surface area contributed by atoms with Gasteiger partial charge in [0.25, 0.3) is 0 Å². The summed E-state index contributed by atoms with van der Waals surface area (Å²) in [7, 11) is 0. The molecule has 2 unspecified atom stereocenters. The van der Waals surface area contributed by atoms with Crippen molar-refractivity contribution in [1.29, 1.82) is 0 Å². The summed E-state index contributed by atoms with van der Waals surface area (Å²) in [5, 5.41) is 3.45. The average molecular weight is 238 g/mol. The molecule has 2 aliphatic rings. The molecule has 0 amide bonds. The smallest absolute Gasteiger partial charge is 0.0707 e. The third-order valence-electron chi connectivity index (χ3n) is 3.60. The molecule has 1 N–H and O–H groups in total. The third kappa shape index (κ3) is 4.41. The Bertz CT molecular complexity index is 242. The molecular formula is C14H26N2O. The van der Waals surface area contributed by atoms with Gasteiger partial charge >= 0.3 is 0 Å². The van der Waals surface area contributed by atoms with Gasteiger partial charge in [-0.3, -0.25) is 4.90 Å². The van der Waals surface area contributed by atoms with Gasteiger partial charge in [-0.15, -0.1) is 0 Å². The molecule has 2 atom stereocenters. The van der Waals surface area contributed by atoms with Crippen molar-refractivity contribution in [2.45, 2.75) is 44.8 Å². The molecule has 3 heteroatoms. The highest BCUT2D eigenvalue weighted by Gasteiger charge is 2.26. The molecule has 0 spiro atoms. The van der Waals surface area contributed by atoms with Crippen LogP contribution in [0.2, 0.25) is 0 Å². The van der Waals surface area contributed by atoms with Crippen molar-refractivity contribution in [2.75, 3.05) is 32.7 Å². The minimum Gasteiger partial charge on any atom is -0.372 e. The average Bonchev–Trinajstić information content (AvgIpc) is 2.79. The van der Waals surface area contributed by atoms with Gasteiger partial charge in [0.2, 0.25) is 0 Å². The molecule has 17 heavy (non-hydrogen) atoms.